The molecular formula is C12H20N2O3. The van der Waals surface area contributed by atoms with Crippen LogP contribution in [0, 0.1) is 0 Å². The molecule has 3 heterocycles. The van der Waals surface area contributed by atoms with Crippen LogP contribution in [0.3, 0.4) is 0 Å². The maximum Gasteiger partial charge on any atom is 0.221 e. The predicted molar refractivity (Wildman–Crippen MR) is 61.7 cm³/mol. The van der Waals surface area contributed by atoms with Gasteiger partial charge in [0, 0.05) is 44.7 Å². The van der Waals surface area contributed by atoms with E-state index in [4.69, 9.17) is 9.47 Å². The molecule has 96 valence electrons. The van der Waals surface area contributed by atoms with Gasteiger partial charge in [0.2, 0.25) is 5.91 Å². The highest BCUT2D eigenvalue weighted by Gasteiger charge is 2.41. The Morgan fingerprint density at radius 1 is 1.35 bits per heavy atom. The highest BCUT2D eigenvalue weighted by molar-refractivity contribution is 5.78. The van der Waals surface area contributed by atoms with Crippen molar-refractivity contribution in [1.82, 2.24) is 10.6 Å². The van der Waals surface area contributed by atoms with E-state index in [-0.39, 0.29) is 11.5 Å². The molecule has 3 unspecified atom stereocenters. The summed E-state index contributed by atoms with van der Waals surface area (Å²) in [7, 11) is 0. The summed E-state index contributed by atoms with van der Waals surface area (Å²) < 4.78 is 11.3. The highest BCUT2D eigenvalue weighted by Crippen LogP contribution is 2.33. The summed E-state index contributed by atoms with van der Waals surface area (Å²) in [5.74, 6) is 0.161. The Hall–Kier alpha value is -0.650. The molecule has 3 aliphatic heterocycles. The molecule has 0 aromatic rings. The molecule has 0 bridgehead atoms. The Kier molecular flexibility index (Phi) is 3.06. The smallest absolute Gasteiger partial charge is 0.221 e. The van der Waals surface area contributed by atoms with E-state index < -0.39 is 0 Å². The zero-order valence-corrected chi connectivity index (χ0v) is 10.0. The topological polar surface area (TPSA) is 59.6 Å². The summed E-state index contributed by atoms with van der Waals surface area (Å²) in [6, 6.07) is 0.758. The largest absolute Gasteiger partial charge is 0.378 e. The van der Waals surface area contributed by atoms with Gasteiger partial charge in [0.05, 0.1) is 12.2 Å². The van der Waals surface area contributed by atoms with Crippen LogP contribution in [0.4, 0.5) is 0 Å². The fraction of sp³-hybridized carbons (Fsp3) is 0.917. The molecular weight excluding hydrogens is 220 g/mol. The van der Waals surface area contributed by atoms with E-state index in [9.17, 15) is 4.79 Å². The number of nitrogens with one attached hydrogen (secondary N) is 2. The maximum atomic E-state index is 11.1. The van der Waals surface area contributed by atoms with E-state index in [1.807, 2.05) is 0 Å². The molecule has 3 rings (SSSR count). The molecule has 3 fully saturated rings. The van der Waals surface area contributed by atoms with E-state index in [0.29, 0.717) is 18.5 Å². The normalized spacial score (nSPS) is 42.0. The van der Waals surface area contributed by atoms with Crippen molar-refractivity contribution in [2.75, 3.05) is 26.4 Å². The van der Waals surface area contributed by atoms with Gasteiger partial charge in [-0.1, -0.05) is 0 Å². The van der Waals surface area contributed by atoms with Gasteiger partial charge in [-0.05, 0) is 12.8 Å². The van der Waals surface area contributed by atoms with Crippen LogP contribution in [0.25, 0.3) is 0 Å². The lowest BCUT2D eigenvalue weighted by Gasteiger charge is -2.38. The number of hydrogen-bond acceptors (Lipinski definition) is 4. The molecule has 3 atom stereocenters. The minimum Gasteiger partial charge on any atom is -0.378 e. The molecule has 5 heteroatoms. The first-order chi connectivity index (χ1) is 8.26. The summed E-state index contributed by atoms with van der Waals surface area (Å²) in [5.41, 5.74) is -0.0496. The fourth-order valence-corrected chi connectivity index (χ4v) is 3.09. The minimum atomic E-state index is -0.0496. The van der Waals surface area contributed by atoms with E-state index >= 15 is 0 Å². The van der Waals surface area contributed by atoms with Crippen LogP contribution in [-0.4, -0.2) is 50.0 Å². The monoisotopic (exact) mass is 240 g/mol. The lowest BCUT2D eigenvalue weighted by Crippen LogP contribution is -2.50. The maximum absolute atomic E-state index is 11.1. The summed E-state index contributed by atoms with van der Waals surface area (Å²) in [5, 5.41) is 6.44. The van der Waals surface area contributed by atoms with Gasteiger partial charge in [-0.3, -0.25) is 4.79 Å². The first kappa shape index (κ1) is 11.4. The lowest BCUT2D eigenvalue weighted by atomic mass is 9.89. The molecule has 3 saturated heterocycles. The van der Waals surface area contributed by atoms with Crippen molar-refractivity contribution >= 4 is 5.91 Å². The predicted octanol–water partition coefficient (Wildman–Crippen LogP) is -0.197. The van der Waals surface area contributed by atoms with Gasteiger partial charge in [-0.15, -0.1) is 0 Å². The van der Waals surface area contributed by atoms with Crippen LogP contribution in [-0.2, 0) is 14.3 Å². The first-order valence-electron chi connectivity index (χ1n) is 6.50. The molecule has 0 radical (unpaired) electrons. The zero-order chi connectivity index (χ0) is 11.7. The average molecular weight is 240 g/mol. The second kappa shape index (κ2) is 4.55. The van der Waals surface area contributed by atoms with Crippen molar-refractivity contribution in [2.24, 2.45) is 0 Å². The van der Waals surface area contributed by atoms with E-state index in [1.54, 1.807) is 0 Å². The van der Waals surface area contributed by atoms with Crippen LogP contribution in [0.2, 0.25) is 0 Å². The van der Waals surface area contributed by atoms with Crippen molar-refractivity contribution < 1.29 is 14.3 Å². The van der Waals surface area contributed by atoms with Crippen LogP contribution >= 0.6 is 0 Å². The van der Waals surface area contributed by atoms with Gasteiger partial charge < -0.3 is 20.1 Å². The van der Waals surface area contributed by atoms with Crippen molar-refractivity contribution in [2.45, 2.75) is 43.4 Å². The zero-order valence-electron chi connectivity index (χ0n) is 10.0. The molecule has 1 amide bonds. The number of amides is 1. The molecule has 17 heavy (non-hydrogen) atoms. The molecule has 0 saturated carbocycles. The fourth-order valence-electron chi connectivity index (χ4n) is 3.09. The van der Waals surface area contributed by atoms with E-state index in [2.05, 4.69) is 10.6 Å². The Morgan fingerprint density at radius 2 is 2.29 bits per heavy atom. The van der Waals surface area contributed by atoms with Gasteiger partial charge in [0.25, 0.3) is 0 Å². The van der Waals surface area contributed by atoms with Crippen LogP contribution in [0.1, 0.15) is 25.7 Å². The van der Waals surface area contributed by atoms with Gasteiger partial charge in [-0.25, -0.2) is 0 Å². The van der Waals surface area contributed by atoms with Crippen molar-refractivity contribution in [3.05, 3.63) is 0 Å². The Morgan fingerprint density at radius 3 is 3.00 bits per heavy atom. The van der Waals surface area contributed by atoms with Gasteiger partial charge >= 0.3 is 0 Å². The number of carbonyl (C=O) groups is 1. The number of carbonyl (C=O) groups excluding carboxylic acids is 1. The van der Waals surface area contributed by atoms with Gasteiger partial charge in [0.1, 0.15) is 0 Å². The average Bonchev–Trinajstić information content (AvgIpc) is 2.89. The SMILES string of the molecule is O=C1CC(NC2CCOC3(CCOC3)C2)CN1. The Balaban J connectivity index is 1.55. The van der Waals surface area contributed by atoms with Crippen LogP contribution < -0.4 is 10.6 Å². The third kappa shape index (κ3) is 2.46. The molecule has 1 spiro atoms. The van der Waals surface area contributed by atoms with E-state index in [0.717, 1.165) is 45.6 Å². The quantitative estimate of drug-likeness (QED) is 0.702. The highest BCUT2D eigenvalue weighted by atomic mass is 16.6. The first-order valence-corrected chi connectivity index (χ1v) is 6.50. The van der Waals surface area contributed by atoms with Crippen molar-refractivity contribution in [3.63, 3.8) is 0 Å². The van der Waals surface area contributed by atoms with Gasteiger partial charge in [0.15, 0.2) is 0 Å². The third-order valence-corrected chi connectivity index (χ3v) is 4.01. The van der Waals surface area contributed by atoms with Crippen molar-refractivity contribution in [3.8, 4) is 0 Å². The molecule has 0 aromatic heterocycles. The van der Waals surface area contributed by atoms with Gasteiger partial charge in [-0.2, -0.15) is 0 Å². The van der Waals surface area contributed by atoms with Crippen LogP contribution in [0.15, 0.2) is 0 Å². The molecule has 3 aliphatic rings. The minimum absolute atomic E-state index is 0.0496. The molecule has 0 aromatic carbocycles. The third-order valence-electron chi connectivity index (χ3n) is 4.01. The standard InChI is InChI=1S/C12H20N2O3/c15-11-5-10(7-13-11)14-9-1-3-17-12(6-9)2-4-16-8-12/h9-10,14H,1-8H2,(H,13,15). The molecule has 0 aliphatic carbocycles. The number of rotatable bonds is 2. The molecule has 2 N–H and O–H groups in total. The van der Waals surface area contributed by atoms with Crippen LogP contribution in [0.5, 0.6) is 0 Å². The number of hydrogen-bond donors (Lipinski definition) is 2. The summed E-state index contributed by atoms with van der Waals surface area (Å²) in [4.78, 5) is 11.1. The summed E-state index contributed by atoms with van der Waals surface area (Å²) in [6.45, 7) is 3.11. The summed E-state index contributed by atoms with van der Waals surface area (Å²) >= 11 is 0. The molecule has 5 nitrogen and oxygen atoms in total. The Labute approximate surface area is 101 Å². The second-order valence-corrected chi connectivity index (χ2v) is 5.40. The van der Waals surface area contributed by atoms with Crippen molar-refractivity contribution in [1.29, 1.82) is 0 Å². The Bertz CT molecular complexity index is 302. The summed E-state index contributed by atoms with van der Waals surface area (Å²) in [6.07, 6.45) is 3.66. The van der Waals surface area contributed by atoms with E-state index in [1.165, 1.54) is 0 Å². The number of ether oxygens (including phenoxy) is 2. The lowest BCUT2D eigenvalue weighted by molar-refractivity contribution is -0.119. The second-order valence-electron chi connectivity index (χ2n) is 5.40.